The third-order valence-corrected chi connectivity index (χ3v) is 4.12. The number of hydrogen-bond donors (Lipinski definition) is 3. The van der Waals surface area contributed by atoms with Crippen molar-refractivity contribution >= 4 is 35.8 Å². The first kappa shape index (κ1) is 24.9. The van der Waals surface area contributed by atoms with E-state index in [0.717, 1.165) is 11.1 Å². The van der Waals surface area contributed by atoms with Gasteiger partial charge in [-0.05, 0) is 49.4 Å². The number of nitrogens with one attached hydrogen (secondary N) is 1. The summed E-state index contributed by atoms with van der Waals surface area (Å²) >= 11 is 0. The molecule has 0 aromatic heterocycles. The van der Waals surface area contributed by atoms with Gasteiger partial charge in [0, 0.05) is 20.1 Å². The summed E-state index contributed by atoms with van der Waals surface area (Å²) < 4.78 is 5.28. The zero-order chi connectivity index (χ0) is 21.4. The van der Waals surface area contributed by atoms with Gasteiger partial charge in [0.1, 0.15) is 17.9 Å². The fourth-order valence-corrected chi connectivity index (χ4v) is 2.41. The van der Waals surface area contributed by atoms with E-state index in [1.54, 1.807) is 19.2 Å². The molecular formula is C20H25ClN4O5. The van der Waals surface area contributed by atoms with Crippen molar-refractivity contribution in [1.82, 2.24) is 10.2 Å². The first-order chi connectivity index (χ1) is 13.8. The van der Waals surface area contributed by atoms with Crippen molar-refractivity contribution < 1.29 is 24.5 Å². The summed E-state index contributed by atoms with van der Waals surface area (Å²) in [5, 5.41) is 29.7. The molecule has 0 unspecified atom stereocenters. The van der Waals surface area contributed by atoms with E-state index in [9.17, 15) is 14.7 Å². The minimum atomic E-state index is -1.24. The van der Waals surface area contributed by atoms with E-state index in [0.29, 0.717) is 24.5 Å². The normalized spacial score (nSPS) is 10.5. The van der Waals surface area contributed by atoms with Crippen LogP contribution in [0.1, 0.15) is 21.5 Å². The lowest BCUT2D eigenvalue weighted by atomic mass is 10.1. The smallest absolute Gasteiger partial charge is 0.409 e. The summed E-state index contributed by atoms with van der Waals surface area (Å²) in [6.45, 7) is 3.22. The minimum absolute atomic E-state index is 0. The molecule has 2 aromatic rings. The maximum atomic E-state index is 11.9. The number of carboxylic acids is 1. The molecule has 10 heteroatoms. The number of likely N-dealkylation sites (N-methyl/N-ethyl adjacent to an activating group) is 2. The number of rotatable bonds is 8. The summed E-state index contributed by atoms with van der Waals surface area (Å²) in [6, 6.07) is 9.34. The van der Waals surface area contributed by atoms with Gasteiger partial charge >= 0.3 is 12.1 Å². The lowest BCUT2D eigenvalue weighted by Gasteiger charge is -2.16. The monoisotopic (exact) mass is 436 g/mol. The zero-order valence-electron chi connectivity index (χ0n) is 17.0. The number of azo groups is 1. The van der Waals surface area contributed by atoms with Crippen LogP contribution < -0.4 is 5.32 Å². The molecule has 0 fully saturated rings. The van der Waals surface area contributed by atoms with Crippen molar-refractivity contribution in [2.75, 3.05) is 27.2 Å². The number of aryl methyl sites for hydroxylation is 1. The molecule has 0 spiro atoms. The molecule has 1 amide bonds. The number of hydrogen-bond acceptors (Lipinski definition) is 7. The Morgan fingerprint density at radius 1 is 1.17 bits per heavy atom. The van der Waals surface area contributed by atoms with Crippen LogP contribution in [0, 0.1) is 6.92 Å². The molecule has 2 aromatic carbocycles. The molecule has 0 saturated carbocycles. The molecule has 0 atom stereocenters. The summed E-state index contributed by atoms with van der Waals surface area (Å²) in [5.74, 6) is -1.57. The number of aromatic hydroxyl groups is 1. The molecule has 9 nitrogen and oxygen atoms in total. The van der Waals surface area contributed by atoms with Gasteiger partial charge in [-0.1, -0.05) is 12.1 Å². The molecule has 0 saturated heterocycles. The van der Waals surface area contributed by atoms with Crippen LogP contribution >= 0.6 is 12.4 Å². The molecule has 0 radical (unpaired) electrons. The predicted molar refractivity (Wildman–Crippen MR) is 114 cm³/mol. The molecular weight excluding hydrogens is 412 g/mol. The molecule has 3 N–H and O–H groups in total. The minimum Gasteiger partial charge on any atom is -0.507 e. The van der Waals surface area contributed by atoms with Crippen molar-refractivity contribution in [3.05, 3.63) is 53.1 Å². The highest BCUT2D eigenvalue weighted by Crippen LogP contribution is 2.27. The van der Waals surface area contributed by atoms with E-state index in [1.165, 1.54) is 23.1 Å². The maximum absolute atomic E-state index is 11.9. The number of phenols is 1. The van der Waals surface area contributed by atoms with Gasteiger partial charge in [-0.3, -0.25) is 0 Å². The van der Waals surface area contributed by atoms with Crippen LogP contribution in [-0.4, -0.2) is 54.4 Å². The number of carboxylic acid groups (broad SMARTS) is 1. The molecule has 0 aliphatic rings. The van der Waals surface area contributed by atoms with Crippen molar-refractivity contribution in [2.24, 2.45) is 10.2 Å². The fourth-order valence-electron chi connectivity index (χ4n) is 2.41. The third kappa shape index (κ3) is 7.02. The SMILES string of the molecule is CNCCN(C)C(=O)OCc1ccc(/N=N/c2ccc(O)c(C(=O)O)c2)c(C)c1.Cl. The van der Waals surface area contributed by atoms with Crippen molar-refractivity contribution in [3.63, 3.8) is 0 Å². The van der Waals surface area contributed by atoms with Gasteiger partial charge in [-0.2, -0.15) is 10.2 Å². The lowest BCUT2D eigenvalue weighted by Crippen LogP contribution is -2.33. The maximum Gasteiger partial charge on any atom is 0.409 e. The second kappa shape index (κ2) is 11.7. The number of nitrogens with zero attached hydrogens (tertiary/aromatic N) is 3. The molecule has 30 heavy (non-hydrogen) atoms. The Kier molecular flexibility index (Phi) is 9.73. The van der Waals surface area contributed by atoms with Gasteiger partial charge in [-0.15, -0.1) is 12.4 Å². The largest absolute Gasteiger partial charge is 0.507 e. The Bertz CT molecular complexity index is 920. The summed E-state index contributed by atoms with van der Waals surface area (Å²) in [5.41, 5.74) is 2.30. The van der Waals surface area contributed by atoms with Gasteiger partial charge in [0.05, 0.1) is 11.4 Å². The van der Waals surface area contributed by atoms with Gasteiger partial charge in [0.2, 0.25) is 0 Å². The average molecular weight is 437 g/mol. The summed E-state index contributed by atoms with van der Waals surface area (Å²) in [4.78, 5) is 24.5. The molecule has 0 aliphatic carbocycles. The number of aromatic carboxylic acids is 1. The number of carbonyl (C=O) groups excluding carboxylic acids is 1. The van der Waals surface area contributed by atoms with Gasteiger partial charge < -0.3 is 25.2 Å². The standard InChI is InChI=1S/C20H24N4O5.ClH/c1-13-10-14(12-29-20(28)24(3)9-8-21-2)4-6-17(13)23-22-15-5-7-18(25)16(11-15)19(26)27;/h4-7,10-11,21,25H,8-9,12H2,1-3H3,(H,26,27);1H/b23-22+;. The summed E-state index contributed by atoms with van der Waals surface area (Å²) in [6.07, 6.45) is -0.400. The van der Waals surface area contributed by atoms with Crippen LogP contribution in [0.4, 0.5) is 16.2 Å². The first-order valence-corrected chi connectivity index (χ1v) is 8.92. The number of halogens is 1. The molecule has 0 heterocycles. The zero-order valence-corrected chi connectivity index (χ0v) is 17.8. The van der Waals surface area contributed by atoms with Crippen LogP contribution in [-0.2, 0) is 11.3 Å². The predicted octanol–water partition coefficient (Wildman–Crippen LogP) is 4.02. The Hall–Kier alpha value is -3.17. The van der Waals surface area contributed by atoms with E-state index in [4.69, 9.17) is 9.84 Å². The van der Waals surface area contributed by atoms with Crippen LogP contribution in [0.5, 0.6) is 5.75 Å². The molecule has 0 aliphatic heterocycles. The number of benzene rings is 2. The van der Waals surface area contributed by atoms with Crippen LogP contribution in [0.15, 0.2) is 46.6 Å². The summed E-state index contributed by atoms with van der Waals surface area (Å²) in [7, 11) is 3.49. The molecule has 2 rings (SSSR count). The van der Waals surface area contributed by atoms with Crippen LogP contribution in [0.2, 0.25) is 0 Å². The molecule has 0 bridgehead atoms. The van der Waals surface area contributed by atoms with Gasteiger partial charge in [0.25, 0.3) is 0 Å². The van der Waals surface area contributed by atoms with Gasteiger partial charge in [0.15, 0.2) is 0 Å². The van der Waals surface area contributed by atoms with Crippen LogP contribution in [0.3, 0.4) is 0 Å². The number of amides is 1. The first-order valence-electron chi connectivity index (χ1n) is 8.92. The van der Waals surface area contributed by atoms with Crippen LogP contribution in [0.25, 0.3) is 0 Å². The highest BCUT2D eigenvalue weighted by atomic mass is 35.5. The van der Waals surface area contributed by atoms with E-state index in [2.05, 4.69) is 15.5 Å². The van der Waals surface area contributed by atoms with E-state index in [-0.39, 0.29) is 30.3 Å². The van der Waals surface area contributed by atoms with Crippen molar-refractivity contribution in [1.29, 1.82) is 0 Å². The Morgan fingerprint density at radius 2 is 1.90 bits per heavy atom. The number of carbonyl (C=O) groups is 2. The Morgan fingerprint density at radius 3 is 2.53 bits per heavy atom. The fraction of sp³-hybridized carbons (Fsp3) is 0.300. The Balaban J connectivity index is 0.00000450. The third-order valence-electron chi connectivity index (χ3n) is 4.12. The average Bonchev–Trinajstić information content (AvgIpc) is 2.70. The highest BCUT2D eigenvalue weighted by molar-refractivity contribution is 5.91. The highest BCUT2D eigenvalue weighted by Gasteiger charge is 2.11. The van der Waals surface area contributed by atoms with E-state index < -0.39 is 12.1 Å². The second-order valence-electron chi connectivity index (χ2n) is 6.41. The lowest BCUT2D eigenvalue weighted by molar-refractivity contribution is 0.0693. The number of ether oxygens (including phenoxy) is 1. The second-order valence-corrected chi connectivity index (χ2v) is 6.41. The van der Waals surface area contributed by atoms with E-state index in [1.807, 2.05) is 20.0 Å². The van der Waals surface area contributed by atoms with E-state index >= 15 is 0 Å². The van der Waals surface area contributed by atoms with Gasteiger partial charge in [-0.25, -0.2) is 9.59 Å². The molecule has 162 valence electrons. The topological polar surface area (TPSA) is 124 Å². The van der Waals surface area contributed by atoms with Crippen molar-refractivity contribution in [2.45, 2.75) is 13.5 Å². The van der Waals surface area contributed by atoms with Crippen molar-refractivity contribution in [3.8, 4) is 5.75 Å². The Labute approximate surface area is 180 Å². The quantitative estimate of drug-likeness (QED) is 0.537.